The van der Waals surface area contributed by atoms with Crippen LogP contribution in [0.15, 0.2) is 83.9 Å². The first-order valence-electron chi connectivity index (χ1n) is 10.7. The van der Waals surface area contributed by atoms with Gasteiger partial charge in [-0.05, 0) is 30.0 Å². The normalized spacial score (nSPS) is 14.9. The summed E-state index contributed by atoms with van der Waals surface area (Å²) in [5.41, 5.74) is 2.24. The van der Waals surface area contributed by atoms with Crippen molar-refractivity contribution in [2.75, 3.05) is 0 Å². The highest BCUT2D eigenvalue weighted by molar-refractivity contribution is 8.18. The van der Waals surface area contributed by atoms with Crippen LogP contribution in [0.4, 0.5) is 14.9 Å². The highest BCUT2D eigenvalue weighted by atomic mass is 32.2. The predicted molar refractivity (Wildman–Crippen MR) is 132 cm³/mol. The van der Waals surface area contributed by atoms with Crippen molar-refractivity contribution < 1.29 is 18.9 Å². The first-order valence-corrected chi connectivity index (χ1v) is 11.5. The number of carbonyl (C=O) groups excluding carboxylic acids is 2. The SMILES string of the molecule is O=C1S/C(=C\c2cn(Cc3ccccc3F)c3ccccc23)C(=O)N1Cc1ccccc1[N+](=O)[O-]. The third-order valence-electron chi connectivity index (χ3n) is 5.79. The molecule has 9 heteroatoms. The molecule has 0 atom stereocenters. The van der Waals surface area contributed by atoms with Gasteiger partial charge >= 0.3 is 0 Å². The lowest BCUT2D eigenvalue weighted by molar-refractivity contribution is -0.385. The second-order valence-corrected chi connectivity index (χ2v) is 8.97. The number of nitro groups is 1. The highest BCUT2D eigenvalue weighted by Gasteiger charge is 2.36. The van der Waals surface area contributed by atoms with Crippen molar-refractivity contribution in [2.45, 2.75) is 13.1 Å². The number of nitrogens with zero attached hydrogens (tertiary/aromatic N) is 3. The third kappa shape index (κ3) is 4.33. The van der Waals surface area contributed by atoms with E-state index in [1.165, 1.54) is 24.3 Å². The summed E-state index contributed by atoms with van der Waals surface area (Å²) in [5, 5.41) is 11.7. The maximum Gasteiger partial charge on any atom is 0.293 e. The molecule has 35 heavy (non-hydrogen) atoms. The molecule has 1 aliphatic heterocycles. The van der Waals surface area contributed by atoms with Crippen molar-refractivity contribution in [3.05, 3.63) is 117 Å². The fourth-order valence-electron chi connectivity index (χ4n) is 4.10. The minimum Gasteiger partial charge on any atom is -0.342 e. The van der Waals surface area contributed by atoms with Gasteiger partial charge in [0.05, 0.1) is 22.9 Å². The summed E-state index contributed by atoms with van der Waals surface area (Å²) in [6.45, 7) is 0.119. The van der Waals surface area contributed by atoms with Crippen molar-refractivity contribution in [2.24, 2.45) is 0 Å². The van der Waals surface area contributed by atoms with Gasteiger partial charge in [-0.1, -0.05) is 54.6 Å². The molecule has 174 valence electrons. The molecular weight excluding hydrogens is 469 g/mol. The van der Waals surface area contributed by atoms with Gasteiger partial charge in [0.1, 0.15) is 5.82 Å². The van der Waals surface area contributed by atoms with Crippen LogP contribution in [0.5, 0.6) is 0 Å². The van der Waals surface area contributed by atoms with Crippen LogP contribution in [0, 0.1) is 15.9 Å². The van der Waals surface area contributed by atoms with E-state index in [0.717, 1.165) is 27.6 Å². The van der Waals surface area contributed by atoms with Crippen LogP contribution in [0.25, 0.3) is 17.0 Å². The number of fused-ring (bicyclic) bond motifs is 1. The molecule has 1 aliphatic rings. The zero-order valence-electron chi connectivity index (χ0n) is 18.3. The second-order valence-electron chi connectivity index (χ2n) is 7.97. The van der Waals surface area contributed by atoms with Crippen molar-refractivity contribution in [1.29, 1.82) is 0 Å². The highest BCUT2D eigenvalue weighted by Crippen LogP contribution is 2.36. The molecule has 1 fully saturated rings. The Kier molecular flexibility index (Phi) is 5.92. The van der Waals surface area contributed by atoms with Crippen LogP contribution >= 0.6 is 11.8 Å². The third-order valence-corrected chi connectivity index (χ3v) is 6.70. The van der Waals surface area contributed by atoms with Crippen LogP contribution in [0.1, 0.15) is 16.7 Å². The monoisotopic (exact) mass is 487 g/mol. The molecule has 2 heterocycles. The van der Waals surface area contributed by atoms with Crippen molar-refractivity contribution >= 4 is 45.6 Å². The molecule has 7 nitrogen and oxygen atoms in total. The smallest absolute Gasteiger partial charge is 0.293 e. The Balaban J connectivity index is 1.47. The summed E-state index contributed by atoms with van der Waals surface area (Å²) in [4.78, 5) is 37.7. The van der Waals surface area contributed by atoms with E-state index in [2.05, 4.69) is 0 Å². The Hall–Kier alpha value is -4.24. The number of halogens is 1. The number of imide groups is 1. The standard InChI is InChI=1S/C26H18FN3O4S/c27-21-10-4-1-7-17(21)14-28-15-19(20-9-3-6-12-23(20)28)13-24-25(31)29(26(32)35-24)16-18-8-2-5-11-22(18)30(33)34/h1-13,15H,14,16H2/b24-13-. The summed E-state index contributed by atoms with van der Waals surface area (Å²) >= 11 is 0.794. The van der Waals surface area contributed by atoms with Crippen LogP contribution in [0.3, 0.4) is 0 Å². The second kappa shape index (κ2) is 9.19. The zero-order valence-corrected chi connectivity index (χ0v) is 19.1. The average molecular weight is 488 g/mol. The van der Waals surface area contributed by atoms with Gasteiger partial charge in [-0.15, -0.1) is 0 Å². The Morgan fingerprint density at radius 2 is 1.60 bits per heavy atom. The van der Waals surface area contributed by atoms with E-state index in [-0.39, 0.29) is 28.5 Å². The molecule has 0 unspecified atom stereocenters. The number of hydrogen-bond donors (Lipinski definition) is 0. The largest absolute Gasteiger partial charge is 0.342 e. The summed E-state index contributed by atoms with van der Waals surface area (Å²) in [7, 11) is 0. The number of carbonyl (C=O) groups is 2. The number of rotatable bonds is 6. The lowest BCUT2D eigenvalue weighted by Gasteiger charge is -2.12. The van der Waals surface area contributed by atoms with Crippen LogP contribution in [-0.2, 0) is 17.9 Å². The molecule has 0 aliphatic carbocycles. The van der Waals surface area contributed by atoms with Gasteiger partial charge in [0.25, 0.3) is 16.8 Å². The molecule has 4 aromatic rings. The Morgan fingerprint density at radius 3 is 2.37 bits per heavy atom. The minimum absolute atomic E-state index is 0.147. The lowest BCUT2D eigenvalue weighted by atomic mass is 10.1. The van der Waals surface area contributed by atoms with E-state index in [1.54, 1.807) is 30.3 Å². The van der Waals surface area contributed by atoms with E-state index in [0.29, 0.717) is 17.7 Å². The van der Waals surface area contributed by atoms with E-state index in [1.807, 2.05) is 35.0 Å². The van der Waals surface area contributed by atoms with E-state index in [9.17, 15) is 24.1 Å². The number of hydrogen-bond acceptors (Lipinski definition) is 5. The summed E-state index contributed by atoms with van der Waals surface area (Å²) in [5.74, 6) is -0.813. The number of nitro benzene ring substituents is 1. The maximum atomic E-state index is 14.2. The Bertz CT molecular complexity index is 1530. The van der Waals surface area contributed by atoms with Gasteiger partial charge in [0.15, 0.2) is 0 Å². The van der Waals surface area contributed by atoms with Gasteiger partial charge in [-0.2, -0.15) is 0 Å². The first kappa shape index (κ1) is 22.5. The number of amides is 2. The van der Waals surface area contributed by atoms with Crippen molar-refractivity contribution in [3.63, 3.8) is 0 Å². The van der Waals surface area contributed by atoms with Gasteiger partial charge in [0, 0.05) is 39.9 Å². The fraction of sp³-hybridized carbons (Fsp3) is 0.0769. The average Bonchev–Trinajstić information content (AvgIpc) is 3.33. The topological polar surface area (TPSA) is 85.5 Å². The summed E-state index contributed by atoms with van der Waals surface area (Å²) in [6.07, 6.45) is 3.47. The summed E-state index contributed by atoms with van der Waals surface area (Å²) in [6, 6.07) is 20.1. The quantitative estimate of drug-likeness (QED) is 0.190. The number of aromatic nitrogens is 1. The lowest BCUT2D eigenvalue weighted by Crippen LogP contribution is -2.27. The van der Waals surface area contributed by atoms with Crippen molar-refractivity contribution in [3.8, 4) is 0 Å². The molecule has 5 rings (SSSR count). The van der Waals surface area contributed by atoms with E-state index in [4.69, 9.17) is 0 Å². The number of para-hydroxylation sites is 2. The Morgan fingerprint density at radius 1 is 0.914 bits per heavy atom. The molecule has 0 saturated carbocycles. The molecule has 0 radical (unpaired) electrons. The molecule has 3 aromatic carbocycles. The first-order chi connectivity index (χ1) is 16.9. The molecule has 2 amide bonds. The molecule has 0 N–H and O–H groups in total. The zero-order chi connectivity index (χ0) is 24.5. The molecule has 0 spiro atoms. The van der Waals surface area contributed by atoms with Crippen LogP contribution < -0.4 is 0 Å². The minimum atomic E-state index is -0.533. The number of thioether (sulfide) groups is 1. The Labute approximate surface area is 203 Å². The van der Waals surface area contributed by atoms with Crippen LogP contribution in [-0.4, -0.2) is 25.5 Å². The number of benzene rings is 3. The van der Waals surface area contributed by atoms with Gasteiger partial charge in [-0.3, -0.25) is 24.6 Å². The van der Waals surface area contributed by atoms with E-state index < -0.39 is 16.1 Å². The molecule has 0 bridgehead atoms. The molecular formula is C26H18FN3O4S. The van der Waals surface area contributed by atoms with Crippen molar-refractivity contribution in [1.82, 2.24) is 9.47 Å². The maximum absolute atomic E-state index is 14.2. The van der Waals surface area contributed by atoms with Gasteiger partial charge < -0.3 is 4.57 Å². The molecule has 1 saturated heterocycles. The van der Waals surface area contributed by atoms with Gasteiger partial charge in [0.2, 0.25) is 0 Å². The fourth-order valence-corrected chi connectivity index (χ4v) is 4.93. The van der Waals surface area contributed by atoms with Gasteiger partial charge in [-0.25, -0.2) is 4.39 Å². The van der Waals surface area contributed by atoms with E-state index >= 15 is 0 Å². The van der Waals surface area contributed by atoms with Crippen LogP contribution in [0.2, 0.25) is 0 Å². The predicted octanol–water partition coefficient (Wildman–Crippen LogP) is 5.97. The molecule has 1 aromatic heterocycles. The summed E-state index contributed by atoms with van der Waals surface area (Å²) < 4.78 is 16.1.